The van der Waals surface area contributed by atoms with E-state index in [0.29, 0.717) is 33.5 Å². The highest BCUT2D eigenvalue weighted by molar-refractivity contribution is 9.10. The highest BCUT2D eigenvalue weighted by Gasteiger charge is 2.55. The van der Waals surface area contributed by atoms with Crippen LogP contribution in [0.5, 0.6) is 11.5 Å². The standard InChI is InChI=1S/C24H24BrN3O7/c1-34-18-8-12(2-3-17-19(28(32)33)21(29)27-23(31)26-17)7-16(25)20(18)35-22(30)24-9-13-4-14(10-24)6-15(5-13)11-24/h2-3,7-8,13-15H,4-6,9-11H2,1H3,(H2,26,27,29,31)/b3-2+. The maximum Gasteiger partial charge on any atom is 0.357 e. The van der Waals surface area contributed by atoms with Crippen molar-refractivity contribution in [1.29, 1.82) is 0 Å². The van der Waals surface area contributed by atoms with E-state index in [2.05, 4.69) is 20.9 Å². The molecule has 35 heavy (non-hydrogen) atoms. The zero-order valence-electron chi connectivity index (χ0n) is 19.0. The Bertz CT molecular complexity index is 1320. The predicted molar refractivity (Wildman–Crippen MR) is 130 cm³/mol. The topological polar surface area (TPSA) is 144 Å². The molecule has 10 nitrogen and oxygen atoms in total. The third-order valence-corrected chi connectivity index (χ3v) is 8.08. The summed E-state index contributed by atoms with van der Waals surface area (Å²) < 4.78 is 11.9. The van der Waals surface area contributed by atoms with Crippen LogP contribution in [-0.2, 0) is 4.79 Å². The number of nitro groups is 1. The van der Waals surface area contributed by atoms with Crippen molar-refractivity contribution in [3.63, 3.8) is 0 Å². The highest BCUT2D eigenvalue weighted by Crippen LogP contribution is 2.60. The fourth-order valence-corrected chi connectivity index (χ4v) is 7.02. The third kappa shape index (κ3) is 4.33. The Morgan fingerprint density at radius 3 is 2.31 bits per heavy atom. The normalized spacial score (nSPS) is 26.7. The first-order chi connectivity index (χ1) is 16.7. The molecule has 4 bridgehead atoms. The number of aromatic amines is 2. The molecule has 1 aromatic carbocycles. The second kappa shape index (κ2) is 8.78. The number of hydrogen-bond acceptors (Lipinski definition) is 7. The van der Waals surface area contributed by atoms with Crippen LogP contribution in [0.2, 0.25) is 0 Å². The van der Waals surface area contributed by atoms with Gasteiger partial charge in [-0.05, 0) is 96.0 Å². The number of esters is 1. The van der Waals surface area contributed by atoms with Gasteiger partial charge in [-0.3, -0.25) is 24.7 Å². The molecule has 2 N–H and O–H groups in total. The summed E-state index contributed by atoms with van der Waals surface area (Å²) in [5, 5.41) is 11.2. The van der Waals surface area contributed by atoms with Gasteiger partial charge in [-0.15, -0.1) is 0 Å². The second-order valence-electron chi connectivity index (χ2n) is 9.88. The lowest BCUT2D eigenvalue weighted by Crippen LogP contribution is -2.51. The summed E-state index contributed by atoms with van der Waals surface area (Å²) in [7, 11) is 1.45. The Morgan fingerprint density at radius 2 is 1.74 bits per heavy atom. The number of carbonyl (C=O) groups is 1. The number of aromatic nitrogens is 2. The summed E-state index contributed by atoms with van der Waals surface area (Å²) in [5.41, 5.74) is -2.85. The number of hydrogen-bond donors (Lipinski definition) is 2. The van der Waals surface area contributed by atoms with Crippen LogP contribution >= 0.6 is 15.9 Å². The minimum atomic E-state index is -1.09. The van der Waals surface area contributed by atoms with Gasteiger partial charge in [-0.2, -0.15) is 0 Å². The van der Waals surface area contributed by atoms with Gasteiger partial charge in [0.2, 0.25) is 0 Å². The lowest BCUT2D eigenvalue weighted by atomic mass is 9.49. The van der Waals surface area contributed by atoms with Crippen molar-refractivity contribution in [2.24, 2.45) is 23.2 Å². The molecule has 0 saturated heterocycles. The molecule has 0 aliphatic heterocycles. The first-order valence-corrected chi connectivity index (χ1v) is 12.3. The summed E-state index contributed by atoms with van der Waals surface area (Å²) >= 11 is 3.45. The maximum absolute atomic E-state index is 13.4. The van der Waals surface area contributed by atoms with Crippen molar-refractivity contribution >= 4 is 39.7 Å². The fraction of sp³-hybridized carbons (Fsp3) is 0.458. The van der Waals surface area contributed by atoms with Crippen LogP contribution < -0.4 is 20.7 Å². The van der Waals surface area contributed by atoms with Gasteiger partial charge in [-0.25, -0.2) is 4.79 Å². The molecule has 2 aromatic rings. The molecule has 0 spiro atoms. The number of benzene rings is 1. The molecule has 11 heteroatoms. The van der Waals surface area contributed by atoms with Crippen LogP contribution in [0.3, 0.4) is 0 Å². The van der Waals surface area contributed by atoms with E-state index in [1.165, 1.54) is 38.5 Å². The molecule has 0 amide bonds. The van der Waals surface area contributed by atoms with Crippen molar-refractivity contribution in [3.8, 4) is 11.5 Å². The van der Waals surface area contributed by atoms with E-state index in [9.17, 15) is 24.5 Å². The first-order valence-electron chi connectivity index (χ1n) is 11.5. The molecule has 4 saturated carbocycles. The molecule has 4 aliphatic carbocycles. The molecule has 6 rings (SSSR count). The molecular weight excluding hydrogens is 522 g/mol. The minimum absolute atomic E-state index is 0.212. The van der Waals surface area contributed by atoms with Crippen LogP contribution in [-0.4, -0.2) is 28.0 Å². The lowest BCUT2D eigenvalue weighted by Gasteiger charge is -2.55. The summed E-state index contributed by atoms with van der Waals surface area (Å²) in [4.78, 5) is 51.3. The number of ether oxygens (including phenoxy) is 2. The van der Waals surface area contributed by atoms with Gasteiger partial charge in [0.25, 0.3) is 0 Å². The average Bonchev–Trinajstić information content (AvgIpc) is 2.77. The van der Waals surface area contributed by atoms with Gasteiger partial charge in [0.05, 0.1) is 21.9 Å². The second-order valence-corrected chi connectivity index (χ2v) is 10.7. The van der Waals surface area contributed by atoms with Crippen molar-refractivity contribution in [1.82, 2.24) is 9.97 Å². The van der Waals surface area contributed by atoms with E-state index in [0.717, 1.165) is 19.3 Å². The zero-order chi connectivity index (χ0) is 24.9. The summed E-state index contributed by atoms with van der Waals surface area (Å²) in [6, 6.07) is 3.28. The largest absolute Gasteiger partial charge is 0.493 e. The number of methoxy groups -OCH3 is 1. The smallest absolute Gasteiger partial charge is 0.357 e. The highest BCUT2D eigenvalue weighted by atomic mass is 79.9. The van der Waals surface area contributed by atoms with Crippen molar-refractivity contribution in [2.75, 3.05) is 7.11 Å². The minimum Gasteiger partial charge on any atom is -0.493 e. The Kier molecular flexibility index (Phi) is 5.90. The monoisotopic (exact) mass is 545 g/mol. The van der Waals surface area contributed by atoms with Crippen molar-refractivity contribution < 1.29 is 19.2 Å². The number of halogens is 1. The van der Waals surface area contributed by atoms with Gasteiger partial charge in [0.15, 0.2) is 11.5 Å². The Labute approximate surface area is 208 Å². The number of carbonyl (C=O) groups excluding carboxylic acids is 1. The molecule has 0 radical (unpaired) electrons. The lowest BCUT2D eigenvalue weighted by molar-refractivity contribution is -0.386. The van der Waals surface area contributed by atoms with Gasteiger partial charge in [0, 0.05) is 0 Å². The van der Waals surface area contributed by atoms with Gasteiger partial charge in [0.1, 0.15) is 5.69 Å². The molecule has 0 atom stereocenters. The fourth-order valence-electron chi connectivity index (χ4n) is 6.48. The van der Waals surface area contributed by atoms with Crippen LogP contribution in [0.1, 0.15) is 49.8 Å². The number of nitrogens with one attached hydrogen (secondary N) is 2. The number of H-pyrrole nitrogens is 2. The van der Waals surface area contributed by atoms with Gasteiger partial charge in [-0.1, -0.05) is 6.08 Å². The van der Waals surface area contributed by atoms with E-state index in [1.54, 1.807) is 12.1 Å². The van der Waals surface area contributed by atoms with Crippen LogP contribution in [0.25, 0.3) is 12.2 Å². The molecule has 1 heterocycles. The van der Waals surface area contributed by atoms with Crippen molar-refractivity contribution in [3.05, 3.63) is 58.8 Å². The Morgan fingerprint density at radius 1 is 1.11 bits per heavy atom. The average molecular weight is 546 g/mol. The summed E-state index contributed by atoms with van der Waals surface area (Å²) in [6.45, 7) is 0. The van der Waals surface area contributed by atoms with Gasteiger partial charge < -0.3 is 14.5 Å². The molecule has 1 aromatic heterocycles. The molecule has 4 aliphatic rings. The maximum atomic E-state index is 13.4. The quantitative estimate of drug-likeness (QED) is 0.241. The molecule has 0 unspecified atom stereocenters. The van der Waals surface area contributed by atoms with E-state index in [4.69, 9.17) is 9.47 Å². The third-order valence-electron chi connectivity index (χ3n) is 7.49. The SMILES string of the molecule is COc1cc(/C=C/c2[nH]c(=O)[nH]c(=O)c2[N+](=O)[O-])cc(Br)c1OC(=O)C12CC3CC(CC(C3)C1)C2. The van der Waals surface area contributed by atoms with E-state index in [1.807, 2.05) is 4.98 Å². The van der Waals surface area contributed by atoms with E-state index in [-0.39, 0.29) is 17.4 Å². The van der Waals surface area contributed by atoms with E-state index < -0.39 is 27.3 Å². The molecule has 184 valence electrons. The number of nitrogens with zero attached hydrogens (tertiary/aromatic N) is 1. The van der Waals surface area contributed by atoms with Crippen LogP contribution in [0, 0.1) is 33.3 Å². The summed E-state index contributed by atoms with van der Waals surface area (Å²) in [6.07, 6.45) is 9.04. The van der Waals surface area contributed by atoms with E-state index >= 15 is 0 Å². The summed E-state index contributed by atoms with van der Waals surface area (Å²) in [5.74, 6) is 2.19. The number of rotatable bonds is 6. The van der Waals surface area contributed by atoms with Crippen molar-refractivity contribution in [2.45, 2.75) is 38.5 Å². The van der Waals surface area contributed by atoms with Crippen LogP contribution in [0.4, 0.5) is 5.69 Å². The molecule has 4 fully saturated rings. The van der Waals surface area contributed by atoms with Crippen LogP contribution in [0.15, 0.2) is 26.2 Å². The first kappa shape index (κ1) is 23.5. The molecular formula is C24H24BrN3O7. The Hall–Kier alpha value is -3.21. The zero-order valence-corrected chi connectivity index (χ0v) is 20.6. The predicted octanol–water partition coefficient (Wildman–Crippen LogP) is 4.03. The Balaban J connectivity index is 1.42. The van der Waals surface area contributed by atoms with Gasteiger partial charge >= 0.3 is 22.9 Å².